The number of carbonyl (C=O) groups excluding carboxylic acids is 3. The Morgan fingerprint density at radius 3 is 2.23 bits per heavy atom. The van der Waals surface area contributed by atoms with Crippen LogP contribution in [-0.4, -0.2) is 67.3 Å². The van der Waals surface area contributed by atoms with E-state index in [1.54, 1.807) is 7.05 Å². The van der Waals surface area contributed by atoms with Crippen molar-refractivity contribution in [2.75, 3.05) is 39.8 Å². The smallest absolute Gasteiger partial charge is 0.253 e. The second-order valence-electron chi connectivity index (χ2n) is 7.31. The van der Waals surface area contributed by atoms with Crippen molar-refractivity contribution < 1.29 is 14.4 Å². The third-order valence-corrected chi connectivity index (χ3v) is 5.21. The zero-order chi connectivity index (χ0) is 21.3. The van der Waals surface area contributed by atoms with Crippen molar-refractivity contribution in [3.8, 4) is 0 Å². The van der Waals surface area contributed by atoms with Crippen molar-refractivity contribution in [2.24, 2.45) is 0 Å². The number of hydrogen-bond acceptors (Lipinski definition) is 4. The first kappa shape index (κ1) is 21.5. The SMILES string of the molecule is CNC(=O)C(NC(=O)CN1CCCN(C(=O)c2ccccc2)CC1)c1ccccc1. The first-order valence-corrected chi connectivity index (χ1v) is 10.2. The van der Waals surface area contributed by atoms with Crippen LogP contribution in [0.3, 0.4) is 0 Å². The van der Waals surface area contributed by atoms with Crippen molar-refractivity contribution >= 4 is 17.7 Å². The number of nitrogens with one attached hydrogen (secondary N) is 2. The van der Waals surface area contributed by atoms with Gasteiger partial charge in [0.15, 0.2) is 0 Å². The Morgan fingerprint density at radius 1 is 0.900 bits per heavy atom. The molecule has 2 aromatic carbocycles. The number of nitrogens with zero attached hydrogens (tertiary/aromatic N) is 2. The Bertz CT molecular complexity index is 857. The minimum absolute atomic E-state index is 0.0191. The van der Waals surface area contributed by atoms with Gasteiger partial charge in [0.2, 0.25) is 11.8 Å². The van der Waals surface area contributed by atoms with E-state index in [2.05, 4.69) is 10.6 Å². The van der Waals surface area contributed by atoms with Gasteiger partial charge < -0.3 is 15.5 Å². The average molecular weight is 409 g/mol. The normalized spacial score (nSPS) is 15.7. The largest absolute Gasteiger partial charge is 0.357 e. The highest BCUT2D eigenvalue weighted by Crippen LogP contribution is 2.13. The summed E-state index contributed by atoms with van der Waals surface area (Å²) in [6.07, 6.45) is 0.795. The summed E-state index contributed by atoms with van der Waals surface area (Å²) in [5.41, 5.74) is 1.42. The molecule has 0 aromatic heterocycles. The first-order chi connectivity index (χ1) is 14.6. The summed E-state index contributed by atoms with van der Waals surface area (Å²) < 4.78 is 0. The van der Waals surface area contributed by atoms with Crippen LogP contribution in [0.25, 0.3) is 0 Å². The van der Waals surface area contributed by atoms with Crippen LogP contribution in [0, 0.1) is 0 Å². The maximum atomic E-state index is 12.7. The van der Waals surface area contributed by atoms with E-state index in [-0.39, 0.29) is 24.3 Å². The lowest BCUT2D eigenvalue weighted by Crippen LogP contribution is -2.44. The summed E-state index contributed by atoms with van der Waals surface area (Å²) in [5, 5.41) is 5.44. The molecule has 0 radical (unpaired) electrons. The van der Waals surface area contributed by atoms with Crippen LogP contribution in [0.15, 0.2) is 60.7 Å². The molecule has 1 saturated heterocycles. The van der Waals surface area contributed by atoms with E-state index in [1.807, 2.05) is 70.5 Å². The molecule has 1 fully saturated rings. The van der Waals surface area contributed by atoms with Crippen molar-refractivity contribution in [3.05, 3.63) is 71.8 Å². The van der Waals surface area contributed by atoms with Gasteiger partial charge in [-0.2, -0.15) is 0 Å². The number of benzene rings is 2. The Morgan fingerprint density at radius 2 is 1.57 bits per heavy atom. The predicted molar refractivity (Wildman–Crippen MR) is 115 cm³/mol. The molecule has 2 aromatic rings. The monoisotopic (exact) mass is 408 g/mol. The Labute approximate surface area is 177 Å². The van der Waals surface area contributed by atoms with Gasteiger partial charge in [-0.3, -0.25) is 19.3 Å². The molecule has 3 amide bonds. The standard InChI is InChI=1S/C23H28N4O3/c1-24-22(29)21(18-9-4-2-5-10-18)25-20(28)17-26-13-8-14-27(16-15-26)23(30)19-11-6-3-7-12-19/h2-7,9-12,21H,8,13-17H2,1H3,(H,24,29)(H,25,28). The molecule has 7 nitrogen and oxygen atoms in total. The molecular weight excluding hydrogens is 380 g/mol. The lowest BCUT2D eigenvalue weighted by molar-refractivity contribution is -0.129. The summed E-state index contributed by atoms with van der Waals surface area (Å²) in [7, 11) is 1.55. The van der Waals surface area contributed by atoms with E-state index in [0.29, 0.717) is 25.2 Å². The van der Waals surface area contributed by atoms with Gasteiger partial charge in [-0.05, 0) is 24.1 Å². The van der Waals surface area contributed by atoms with Crippen LogP contribution < -0.4 is 10.6 Å². The Hall–Kier alpha value is -3.19. The molecule has 1 heterocycles. The van der Waals surface area contributed by atoms with Crippen LogP contribution in [0.4, 0.5) is 0 Å². The maximum Gasteiger partial charge on any atom is 0.253 e. The molecule has 0 bridgehead atoms. The Balaban J connectivity index is 1.56. The predicted octanol–water partition coefficient (Wildman–Crippen LogP) is 1.44. The van der Waals surface area contributed by atoms with E-state index < -0.39 is 6.04 Å². The van der Waals surface area contributed by atoms with Gasteiger partial charge >= 0.3 is 0 Å². The molecule has 1 aliphatic rings. The maximum absolute atomic E-state index is 12.7. The number of rotatable bonds is 6. The number of likely N-dealkylation sites (N-methyl/N-ethyl adjacent to an activating group) is 1. The summed E-state index contributed by atoms with van der Waals surface area (Å²) in [5.74, 6) is -0.453. The Kier molecular flexibility index (Phi) is 7.57. The van der Waals surface area contributed by atoms with Crippen LogP contribution in [0.2, 0.25) is 0 Å². The molecule has 1 atom stereocenters. The fourth-order valence-corrected chi connectivity index (χ4v) is 3.60. The highest BCUT2D eigenvalue weighted by molar-refractivity contribution is 5.94. The van der Waals surface area contributed by atoms with E-state index in [4.69, 9.17) is 0 Å². The summed E-state index contributed by atoms with van der Waals surface area (Å²) in [4.78, 5) is 41.5. The van der Waals surface area contributed by atoms with Gasteiger partial charge in [-0.25, -0.2) is 0 Å². The number of amides is 3. The molecule has 0 saturated carbocycles. The van der Waals surface area contributed by atoms with Crippen LogP contribution >= 0.6 is 0 Å². The highest BCUT2D eigenvalue weighted by atomic mass is 16.2. The average Bonchev–Trinajstić information content (AvgIpc) is 3.03. The molecule has 0 spiro atoms. The number of carbonyl (C=O) groups is 3. The summed E-state index contributed by atoms with van der Waals surface area (Å²) in [6.45, 7) is 2.76. The minimum Gasteiger partial charge on any atom is -0.357 e. The van der Waals surface area contributed by atoms with Crippen LogP contribution in [-0.2, 0) is 9.59 Å². The van der Waals surface area contributed by atoms with Gasteiger partial charge in [0, 0.05) is 38.8 Å². The first-order valence-electron chi connectivity index (χ1n) is 10.2. The molecule has 2 N–H and O–H groups in total. The van der Waals surface area contributed by atoms with Crippen molar-refractivity contribution in [1.29, 1.82) is 0 Å². The zero-order valence-electron chi connectivity index (χ0n) is 17.2. The van der Waals surface area contributed by atoms with Crippen LogP contribution in [0.5, 0.6) is 0 Å². The van der Waals surface area contributed by atoms with Gasteiger partial charge in [-0.15, -0.1) is 0 Å². The van der Waals surface area contributed by atoms with Crippen molar-refractivity contribution in [3.63, 3.8) is 0 Å². The van der Waals surface area contributed by atoms with Gasteiger partial charge in [0.05, 0.1) is 6.54 Å². The van der Waals surface area contributed by atoms with Gasteiger partial charge in [0.25, 0.3) is 5.91 Å². The molecule has 3 rings (SSSR count). The fourth-order valence-electron chi connectivity index (χ4n) is 3.60. The van der Waals surface area contributed by atoms with E-state index in [0.717, 1.165) is 18.5 Å². The number of hydrogen-bond donors (Lipinski definition) is 2. The summed E-state index contributed by atoms with van der Waals surface area (Å²) in [6, 6.07) is 17.7. The van der Waals surface area contributed by atoms with E-state index >= 15 is 0 Å². The molecule has 1 unspecified atom stereocenters. The minimum atomic E-state index is -0.730. The van der Waals surface area contributed by atoms with E-state index in [9.17, 15) is 14.4 Å². The third kappa shape index (κ3) is 5.67. The highest BCUT2D eigenvalue weighted by Gasteiger charge is 2.24. The topological polar surface area (TPSA) is 81.8 Å². The van der Waals surface area contributed by atoms with Crippen LogP contribution in [0.1, 0.15) is 28.4 Å². The molecule has 7 heteroatoms. The third-order valence-electron chi connectivity index (χ3n) is 5.21. The zero-order valence-corrected chi connectivity index (χ0v) is 17.2. The fraction of sp³-hybridized carbons (Fsp3) is 0.348. The second-order valence-corrected chi connectivity index (χ2v) is 7.31. The molecule has 30 heavy (non-hydrogen) atoms. The van der Waals surface area contributed by atoms with E-state index in [1.165, 1.54) is 0 Å². The molecule has 0 aliphatic carbocycles. The quantitative estimate of drug-likeness (QED) is 0.758. The lowest BCUT2D eigenvalue weighted by Gasteiger charge is -2.23. The lowest BCUT2D eigenvalue weighted by atomic mass is 10.1. The van der Waals surface area contributed by atoms with Gasteiger partial charge in [0.1, 0.15) is 6.04 Å². The second kappa shape index (κ2) is 10.5. The van der Waals surface area contributed by atoms with Gasteiger partial charge in [-0.1, -0.05) is 48.5 Å². The van der Waals surface area contributed by atoms with Crippen molar-refractivity contribution in [2.45, 2.75) is 12.5 Å². The molecule has 158 valence electrons. The van der Waals surface area contributed by atoms with Crippen molar-refractivity contribution in [1.82, 2.24) is 20.4 Å². The molecule has 1 aliphatic heterocycles. The summed E-state index contributed by atoms with van der Waals surface area (Å²) >= 11 is 0. The molecular formula is C23H28N4O3.